The second-order valence-corrected chi connectivity index (χ2v) is 8.43. The number of hydrogen-bond acceptors (Lipinski definition) is 3. The topological polar surface area (TPSA) is 32.7 Å². The number of fused-ring (bicyclic) bond motifs is 3. The minimum absolute atomic E-state index is 0.673. The summed E-state index contributed by atoms with van der Waals surface area (Å²) in [5.41, 5.74) is 1.97. The second kappa shape index (κ2) is 8.07. The van der Waals surface area contributed by atoms with Crippen molar-refractivity contribution in [2.75, 3.05) is 19.6 Å². The molecule has 0 saturated carbocycles. The van der Waals surface area contributed by atoms with E-state index in [-0.39, 0.29) is 0 Å². The third-order valence-electron chi connectivity index (χ3n) is 3.95. The Kier molecular flexibility index (Phi) is 6.37. The molecule has 1 unspecified atom stereocenters. The first-order valence-electron chi connectivity index (χ1n) is 7.97. The van der Waals surface area contributed by atoms with Gasteiger partial charge in [-0.05, 0) is 49.1 Å². The third kappa shape index (κ3) is 4.21. The van der Waals surface area contributed by atoms with Crippen LogP contribution in [0.4, 0.5) is 0 Å². The normalized spacial score (nSPS) is 18.3. The van der Waals surface area contributed by atoms with E-state index in [0.29, 0.717) is 5.75 Å². The van der Waals surface area contributed by atoms with Gasteiger partial charge in [0.1, 0.15) is 5.75 Å². The summed E-state index contributed by atoms with van der Waals surface area (Å²) < 4.78 is 5.53. The van der Waals surface area contributed by atoms with Crippen LogP contribution in [-0.4, -0.2) is 29.4 Å². The van der Waals surface area contributed by atoms with E-state index in [4.69, 9.17) is 16.3 Å². The van der Waals surface area contributed by atoms with Crippen molar-refractivity contribution in [3.63, 3.8) is 0 Å². The molecule has 0 saturated heterocycles. The molecule has 0 spiro atoms. The molecule has 0 amide bonds. The maximum absolute atomic E-state index is 10.2. The summed E-state index contributed by atoms with van der Waals surface area (Å²) in [6.07, 6.45) is 0. The zero-order valence-corrected chi connectivity index (χ0v) is 15.6. The van der Waals surface area contributed by atoms with E-state index < -0.39 is 6.49 Å². The predicted octanol–water partition coefficient (Wildman–Crippen LogP) is 4.02. The first kappa shape index (κ1) is 18.2. The van der Waals surface area contributed by atoms with E-state index in [1.807, 2.05) is 48.5 Å². The molecule has 1 atom stereocenters. The number of benzene rings is 2. The van der Waals surface area contributed by atoms with Crippen molar-refractivity contribution < 1.29 is 9.42 Å². The van der Waals surface area contributed by atoms with Crippen LogP contribution < -0.4 is 9.83 Å². The van der Waals surface area contributed by atoms with Gasteiger partial charge in [-0.15, -0.1) is 0 Å². The molecule has 1 aliphatic heterocycles. The van der Waals surface area contributed by atoms with Gasteiger partial charge in [-0.3, -0.25) is 0 Å². The standard InChI is InChI=1S/C12H9O2PS.C6H15N/c13-15(16)12-8-4-2-6-10(12)9-5-1-3-7-11(9)14-15;1-4-7(5-2)6-3/h1-8H,(H,13,16);4-6H2,1-3H3. The lowest BCUT2D eigenvalue weighted by atomic mass is 10.0. The number of hydrogen-bond donors (Lipinski definition) is 1. The molecule has 2 aromatic rings. The largest absolute Gasteiger partial charge is 0.440 e. The van der Waals surface area contributed by atoms with Gasteiger partial charge >= 0.3 is 0 Å². The lowest BCUT2D eigenvalue weighted by Gasteiger charge is -2.27. The summed E-state index contributed by atoms with van der Waals surface area (Å²) in [5.74, 6) is 0.673. The molecule has 0 aliphatic carbocycles. The molecule has 0 radical (unpaired) electrons. The van der Waals surface area contributed by atoms with Gasteiger partial charge in [-0.25, -0.2) is 0 Å². The summed E-state index contributed by atoms with van der Waals surface area (Å²) >= 11 is 5.17. The third-order valence-corrected chi connectivity index (χ3v) is 6.21. The molecule has 124 valence electrons. The van der Waals surface area contributed by atoms with Gasteiger partial charge in [0, 0.05) is 5.56 Å². The number of para-hydroxylation sites is 1. The molecule has 2 aromatic carbocycles. The zero-order valence-electron chi connectivity index (χ0n) is 13.9. The van der Waals surface area contributed by atoms with Crippen LogP contribution in [0, 0.1) is 0 Å². The fraction of sp³-hybridized carbons (Fsp3) is 0.333. The van der Waals surface area contributed by atoms with Crippen LogP contribution in [0.2, 0.25) is 0 Å². The van der Waals surface area contributed by atoms with Gasteiger partial charge in [-0.1, -0.05) is 57.2 Å². The second-order valence-electron chi connectivity index (χ2n) is 5.24. The van der Waals surface area contributed by atoms with Crippen molar-refractivity contribution in [2.45, 2.75) is 20.8 Å². The van der Waals surface area contributed by atoms with Gasteiger partial charge in [0.25, 0.3) is 6.49 Å². The highest BCUT2D eigenvalue weighted by molar-refractivity contribution is 8.13. The van der Waals surface area contributed by atoms with Crippen molar-refractivity contribution in [3.8, 4) is 16.9 Å². The first-order chi connectivity index (χ1) is 11.0. The van der Waals surface area contributed by atoms with Crippen LogP contribution >= 0.6 is 6.49 Å². The molecular formula is C18H24NO2PS. The van der Waals surface area contributed by atoms with Gasteiger partial charge < -0.3 is 14.3 Å². The quantitative estimate of drug-likeness (QED) is 0.849. The Balaban J connectivity index is 0.000000236. The SMILES string of the molecule is CCN(CC)CC.OP1(=S)Oc2ccccc2-c2ccccc21. The van der Waals surface area contributed by atoms with Crippen molar-refractivity contribution in [2.24, 2.45) is 0 Å². The van der Waals surface area contributed by atoms with Gasteiger partial charge in [0.2, 0.25) is 0 Å². The maximum atomic E-state index is 10.2. The van der Waals surface area contributed by atoms with E-state index >= 15 is 0 Å². The minimum Gasteiger partial charge on any atom is -0.440 e. The van der Waals surface area contributed by atoms with Crippen LogP contribution in [-0.2, 0) is 11.8 Å². The molecule has 0 bridgehead atoms. The van der Waals surface area contributed by atoms with Gasteiger partial charge in [-0.2, -0.15) is 0 Å². The van der Waals surface area contributed by atoms with Crippen LogP contribution in [0.3, 0.4) is 0 Å². The minimum atomic E-state index is -2.88. The fourth-order valence-electron chi connectivity index (χ4n) is 2.57. The summed E-state index contributed by atoms with van der Waals surface area (Å²) in [4.78, 5) is 12.6. The van der Waals surface area contributed by atoms with Crippen molar-refractivity contribution >= 4 is 23.6 Å². The Morgan fingerprint density at radius 3 is 2.00 bits per heavy atom. The Labute approximate surface area is 144 Å². The number of rotatable bonds is 3. The molecule has 0 aromatic heterocycles. The van der Waals surface area contributed by atoms with Crippen molar-refractivity contribution in [1.82, 2.24) is 4.90 Å². The summed E-state index contributed by atoms with van der Waals surface area (Å²) in [6, 6.07) is 15.3. The van der Waals surface area contributed by atoms with Crippen LogP contribution in [0.5, 0.6) is 5.75 Å². The average Bonchev–Trinajstić information content (AvgIpc) is 2.57. The van der Waals surface area contributed by atoms with Gasteiger partial charge in [0.15, 0.2) is 0 Å². The Hall–Kier alpha value is -1.19. The maximum Gasteiger partial charge on any atom is 0.267 e. The summed E-state index contributed by atoms with van der Waals surface area (Å²) in [7, 11) is 0. The molecule has 1 heterocycles. The molecule has 0 fully saturated rings. The zero-order chi connectivity index (χ0) is 16.9. The highest BCUT2D eigenvalue weighted by Crippen LogP contribution is 2.51. The Bertz CT molecular complexity index is 695. The highest BCUT2D eigenvalue weighted by Gasteiger charge is 2.29. The molecule has 1 N–H and O–H groups in total. The predicted molar refractivity (Wildman–Crippen MR) is 102 cm³/mol. The fourth-order valence-corrected chi connectivity index (χ4v) is 4.59. The molecular weight excluding hydrogens is 325 g/mol. The van der Waals surface area contributed by atoms with E-state index in [1.54, 1.807) is 0 Å². The summed E-state index contributed by atoms with van der Waals surface area (Å²) in [6.45, 7) is 7.25. The smallest absolute Gasteiger partial charge is 0.267 e. The molecule has 5 heteroatoms. The molecule has 23 heavy (non-hydrogen) atoms. The summed E-state index contributed by atoms with van der Waals surface area (Å²) in [5, 5.41) is 0.740. The van der Waals surface area contributed by atoms with Crippen LogP contribution in [0.15, 0.2) is 48.5 Å². The van der Waals surface area contributed by atoms with E-state index in [0.717, 1.165) is 16.4 Å². The average molecular weight is 349 g/mol. The Morgan fingerprint density at radius 1 is 0.913 bits per heavy atom. The van der Waals surface area contributed by atoms with E-state index in [9.17, 15) is 4.89 Å². The molecule has 3 rings (SSSR count). The van der Waals surface area contributed by atoms with E-state index in [2.05, 4.69) is 25.7 Å². The molecule has 1 aliphatic rings. The number of nitrogens with zero attached hydrogens (tertiary/aromatic N) is 1. The lowest BCUT2D eigenvalue weighted by molar-refractivity contribution is 0.321. The van der Waals surface area contributed by atoms with Crippen molar-refractivity contribution in [3.05, 3.63) is 48.5 Å². The van der Waals surface area contributed by atoms with Crippen molar-refractivity contribution in [1.29, 1.82) is 0 Å². The van der Waals surface area contributed by atoms with Gasteiger partial charge in [0.05, 0.1) is 5.30 Å². The van der Waals surface area contributed by atoms with Crippen LogP contribution in [0.25, 0.3) is 11.1 Å². The van der Waals surface area contributed by atoms with Crippen LogP contribution in [0.1, 0.15) is 20.8 Å². The first-order valence-corrected chi connectivity index (χ1v) is 10.6. The molecule has 3 nitrogen and oxygen atoms in total. The Morgan fingerprint density at radius 2 is 1.43 bits per heavy atom. The monoisotopic (exact) mass is 349 g/mol. The lowest BCUT2D eigenvalue weighted by Crippen LogP contribution is -2.21. The van der Waals surface area contributed by atoms with E-state index in [1.165, 1.54) is 19.6 Å². The highest BCUT2D eigenvalue weighted by atomic mass is 32.5.